The molecule has 0 aromatic heterocycles. The van der Waals surface area contributed by atoms with Gasteiger partial charge in [-0.05, 0) is 19.4 Å². The van der Waals surface area contributed by atoms with Gasteiger partial charge in [-0.2, -0.15) is 0 Å². The molecule has 0 saturated heterocycles. The van der Waals surface area contributed by atoms with Crippen molar-refractivity contribution in [3.63, 3.8) is 0 Å². The number of halogens is 1. The van der Waals surface area contributed by atoms with Crippen molar-refractivity contribution in [1.82, 2.24) is 0 Å². The molecule has 0 fully saturated rings. The van der Waals surface area contributed by atoms with Gasteiger partial charge in [-0.3, -0.25) is 0 Å². The van der Waals surface area contributed by atoms with Crippen molar-refractivity contribution in [3.8, 4) is 5.75 Å². The van der Waals surface area contributed by atoms with Crippen LogP contribution < -0.4 is 4.74 Å². The molecule has 1 nitrogen and oxygen atoms in total. The van der Waals surface area contributed by atoms with Crippen molar-refractivity contribution in [3.05, 3.63) is 35.9 Å². The van der Waals surface area contributed by atoms with Crippen LogP contribution in [-0.4, -0.2) is 11.0 Å². The molecule has 0 amide bonds. The average molecular weight is 302 g/mol. The molecule has 2 heteroatoms. The van der Waals surface area contributed by atoms with Gasteiger partial charge in [0.15, 0.2) is 0 Å². The van der Waals surface area contributed by atoms with Gasteiger partial charge in [-0.1, -0.05) is 52.9 Å². The highest BCUT2D eigenvalue weighted by Crippen LogP contribution is 2.19. The maximum absolute atomic E-state index is 5.67. The summed E-state index contributed by atoms with van der Waals surface area (Å²) in [6.45, 7) is 2.82. The number of alkyl halides is 1. The zero-order valence-corrected chi connectivity index (χ0v) is 10.5. The number of rotatable bonds is 5. The van der Waals surface area contributed by atoms with Crippen LogP contribution in [0.25, 0.3) is 6.08 Å². The SMILES string of the molecule is C/C=C\c1ccccc1OCCCI. The predicted octanol–water partition coefficient (Wildman–Crippen LogP) is 3.92. The summed E-state index contributed by atoms with van der Waals surface area (Å²) in [4.78, 5) is 0. The summed E-state index contributed by atoms with van der Waals surface area (Å²) in [7, 11) is 0. The van der Waals surface area contributed by atoms with E-state index in [9.17, 15) is 0 Å². The Hall–Kier alpha value is -0.510. The second kappa shape index (κ2) is 6.87. The van der Waals surface area contributed by atoms with Crippen molar-refractivity contribution < 1.29 is 4.74 Å². The molecule has 14 heavy (non-hydrogen) atoms. The molecule has 0 heterocycles. The first kappa shape index (κ1) is 11.6. The van der Waals surface area contributed by atoms with Gasteiger partial charge in [0.05, 0.1) is 6.61 Å². The summed E-state index contributed by atoms with van der Waals surface area (Å²) in [6, 6.07) is 8.12. The fourth-order valence-corrected chi connectivity index (χ4v) is 1.48. The smallest absolute Gasteiger partial charge is 0.126 e. The highest BCUT2D eigenvalue weighted by molar-refractivity contribution is 14.1. The van der Waals surface area contributed by atoms with Gasteiger partial charge in [0.2, 0.25) is 0 Å². The standard InChI is InChI=1S/C12H15IO/c1-2-6-11-7-3-4-8-12(11)14-10-5-9-13/h2-4,6-8H,5,9-10H2,1H3/b6-2-. The van der Waals surface area contributed by atoms with E-state index < -0.39 is 0 Å². The third-order valence-electron chi connectivity index (χ3n) is 1.80. The van der Waals surface area contributed by atoms with Gasteiger partial charge in [0.1, 0.15) is 5.75 Å². The molecule has 0 aliphatic heterocycles. The van der Waals surface area contributed by atoms with E-state index in [0.29, 0.717) is 0 Å². The van der Waals surface area contributed by atoms with E-state index in [1.165, 1.54) is 0 Å². The van der Waals surface area contributed by atoms with E-state index in [1.807, 2.05) is 31.2 Å². The van der Waals surface area contributed by atoms with Gasteiger partial charge >= 0.3 is 0 Å². The Kier molecular flexibility index (Phi) is 5.68. The fraction of sp³-hybridized carbons (Fsp3) is 0.333. The Morgan fingerprint density at radius 2 is 2.14 bits per heavy atom. The van der Waals surface area contributed by atoms with Gasteiger partial charge in [-0.25, -0.2) is 0 Å². The number of benzene rings is 1. The Bertz CT molecular complexity index is 294. The van der Waals surface area contributed by atoms with E-state index >= 15 is 0 Å². The minimum atomic E-state index is 0.803. The fourth-order valence-electron chi connectivity index (χ4n) is 1.17. The van der Waals surface area contributed by atoms with Crippen LogP contribution in [0.15, 0.2) is 30.3 Å². The van der Waals surface area contributed by atoms with Crippen LogP contribution in [-0.2, 0) is 0 Å². The molecule has 0 unspecified atom stereocenters. The van der Waals surface area contributed by atoms with Crippen molar-refractivity contribution in [2.75, 3.05) is 11.0 Å². The highest BCUT2D eigenvalue weighted by Gasteiger charge is 1.97. The monoisotopic (exact) mass is 302 g/mol. The van der Waals surface area contributed by atoms with E-state index in [2.05, 4.69) is 34.7 Å². The van der Waals surface area contributed by atoms with Gasteiger partial charge in [0.25, 0.3) is 0 Å². The molecule has 0 bridgehead atoms. The lowest BCUT2D eigenvalue weighted by Gasteiger charge is -2.07. The summed E-state index contributed by atoms with van der Waals surface area (Å²) < 4.78 is 6.82. The van der Waals surface area contributed by atoms with Gasteiger partial charge < -0.3 is 4.74 Å². The summed E-state index contributed by atoms with van der Waals surface area (Å²) >= 11 is 2.36. The zero-order chi connectivity index (χ0) is 10.2. The maximum atomic E-state index is 5.67. The molecular weight excluding hydrogens is 287 g/mol. The normalized spacial score (nSPS) is 10.7. The predicted molar refractivity (Wildman–Crippen MR) is 70.1 cm³/mol. The van der Waals surface area contributed by atoms with E-state index in [1.54, 1.807) is 0 Å². The highest BCUT2D eigenvalue weighted by atomic mass is 127. The quantitative estimate of drug-likeness (QED) is 0.455. The van der Waals surface area contributed by atoms with Crippen LogP contribution in [0.5, 0.6) is 5.75 Å². The van der Waals surface area contributed by atoms with Crippen LogP contribution in [0.4, 0.5) is 0 Å². The molecular formula is C12H15IO. The third-order valence-corrected chi connectivity index (χ3v) is 2.56. The molecule has 0 aliphatic rings. The van der Waals surface area contributed by atoms with Crippen LogP contribution in [0.2, 0.25) is 0 Å². The summed E-state index contributed by atoms with van der Waals surface area (Å²) in [6.07, 6.45) is 5.20. The van der Waals surface area contributed by atoms with Crippen LogP contribution in [0, 0.1) is 0 Å². The third kappa shape index (κ3) is 3.70. The molecule has 1 aromatic rings. The molecule has 0 saturated carbocycles. The maximum Gasteiger partial charge on any atom is 0.126 e. The topological polar surface area (TPSA) is 9.23 Å². The number of para-hydroxylation sites is 1. The van der Waals surface area contributed by atoms with Crippen molar-refractivity contribution >= 4 is 28.7 Å². The zero-order valence-electron chi connectivity index (χ0n) is 8.37. The Morgan fingerprint density at radius 3 is 2.86 bits per heavy atom. The summed E-state index contributed by atoms with van der Waals surface area (Å²) in [5.74, 6) is 0.982. The number of hydrogen-bond acceptors (Lipinski definition) is 1. The number of allylic oxidation sites excluding steroid dienone is 1. The second-order valence-electron chi connectivity index (χ2n) is 2.93. The molecule has 0 spiro atoms. The number of hydrogen-bond donors (Lipinski definition) is 0. The van der Waals surface area contributed by atoms with E-state index in [0.717, 1.165) is 28.8 Å². The molecule has 0 radical (unpaired) electrons. The van der Waals surface area contributed by atoms with E-state index in [4.69, 9.17) is 4.74 Å². The van der Waals surface area contributed by atoms with Crippen LogP contribution in [0.1, 0.15) is 18.9 Å². The molecule has 0 aliphatic carbocycles. The first-order valence-electron chi connectivity index (χ1n) is 4.79. The lowest BCUT2D eigenvalue weighted by Crippen LogP contribution is -1.98. The summed E-state index contributed by atoms with van der Waals surface area (Å²) in [5, 5.41) is 0. The molecule has 1 aromatic carbocycles. The molecule has 0 atom stereocenters. The van der Waals surface area contributed by atoms with Crippen LogP contribution in [0.3, 0.4) is 0 Å². The largest absolute Gasteiger partial charge is 0.493 e. The molecule has 76 valence electrons. The Labute approximate surface area is 99.3 Å². The molecule has 1 rings (SSSR count). The first-order valence-corrected chi connectivity index (χ1v) is 6.31. The summed E-state index contributed by atoms with van der Waals surface area (Å²) in [5.41, 5.74) is 1.16. The Morgan fingerprint density at radius 1 is 1.36 bits per heavy atom. The van der Waals surface area contributed by atoms with Crippen molar-refractivity contribution in [2.45, 2.75) is 13.3 Å². The molecule has 0 N–H and O–H groups in total. The minimum Gasteiger partial charge on any atom is -0.493 e. The second-order valence-corrected chi connectivity index (χ2v) is 4.01. The van der Waals surface area contributed by atoms with E-state index in [-0.39, 0.29) is 0 Å². The van der Waals surface area contributed by atoms with Crippen LogP contribution >= 0.6 is 22.6 Å². The first-order chi connectivity index (χ1) is 6.88. The van der Waals surface area contributed by atoms with Crippen molar-refractivity contribution in [2.24, 2.45) is 0 Å². The van der Waals surface area contributed by atoms with Gasteiger partial charge in [-0.15, -0.1) is 0 Å². The average Bonchev–Trinajstić information content (AvgIpc) is 2.21. The Balaban J connectivity index is 2.64. The van der Waals surface area contributed by atoms with Gasteiger partial charge in [0, 0.05) is 9.99 Å². The minimum absolute atomic E-state index is 0.803. The number of ether oxygens (including phenoxy) is 1. The lowest BCUT2D eigenvalue weighted by molar-refractivity contribution is 0.319. The van der Waals surface area contributed by atoms with Crippen molar-refractivity contribution in [1.29, 1.82) is 0 Å². The lowest BCUT2D eigenvalue weighted by atomic mass is 10.2.